The van der Waals surface area contributed by atoms with E-state index in [1.54, 1.807) is 14.0 Å². The minimum Gasteiger partial charge on any atom is -0.496 e. The van der Waals surface area contributed by atoms with Crippen LogP contribution in [0.15, 0.2) is 12.1 Å². The Morgan fingerprint density at radius 2 is 1.82 bits per heavy atom. The lowest BCUT2D eigenvalue weighted by Crippen LogP contribution is -2.22. The molecule has 0 aliphatic rings. The van der Waals surface area contributed by atoms with Gasteiger partial charge >= 0.3 is 0 Å². The lowest BCUT2D eigenvalue weighted by molar-refractivity contribution is -0.118. The van der Waals surface area contributed by atoms with Crippen molar-refractivity contribution in [3.05, 3.63) is 28.8 Å². The molecule has 2 heteroatoms. The molecule has 0 bridgehead atoms. The monoisotopic (exact) mass is 234 g/mol. The molecule has 0 aliphatic heterocycles. The summed E-state index contributed by atoms with van der Waals surface area (Å²) in [4.78, 5) is 11.3. The third-order valence-electron chi connectivity index (χ3n) is 3.16. The van der Waals surface area contributed by atoms with E-state index in [9.17, 15) is 4.79 Å². The van der Waals surface area contributed by atoms with Crippen molar-refractivity contribution in [3.8, 4) is 5.75 Å². The maximum Gasteiger partial charge on any atom is 0.130 e. The van der Waals surface area contributed by atoms with Crippen LogP contribution in [0.5, 0.6) is 5.75 Å². The van der Waals surface area contributed by atoms with Gasteiger partial charge in [0.05, 0.1) is 7.11 Å². The molecule has 94 valence electrons. The molecule has 1 aromatic rings. The van der Waals surface area contributed by atoms with Crippen LogP contribution in [-0.4, -0.2) is 12.9 Å². The fourth-order valence-corrected chi connectivity index (χ4v) is 2.46. The molecule has 0 atom stereocenters. The first-order chi connectivity index (χ1) is 7.77. The van der Waals surface area contributed by atoms with Gasteiger partial charge in [0, 0.05) is 6.42 Å². The van der Waals surface area contributed by atoms with E-state index in [0.29, 0.717) is 6.42 Å². The second-order valence-electron chi connectivity index (χ2n) is 5.40. The Morgan fingerprint density at radius 1 is 1.24 bits per heavy atom. The summed E-state index contributed by atoms with van der Waals surface area (Å²) in [6.45, 7) is 9.98. The van der Waals surface area contributed by atoms with E-state index >= 15 is 0 Å². The molecule has 0 unspecified atom stereocenters. The molecule has 0 aromatic heterocycles. The quantitative estimate of drug-likeness (QED) is 0.796. The van der Waals surface area contributed by atoms with Crippen LogP contribution >= 0.6 is 0 Å². The Kier molecular flexibility index (Phi) is 3.97. The second kappa shape index (κ2) is 4.91. The van der Waals surface area contributed by atoms with Gasteiger partial charge in [-0.15, -0.1) is 0 Å². The summed E-state index contributed by atoms with van der Waals surface area (Å²) in [7, 11) is 1.68. The molecule has 0 aliphatic carbocycles. The van der Waals surface area contributed by atoms with Crippen LogP contribution in [0.1, 0.15) is 43.9 Å². The summed E-state index contributed by atoms with van der Waals surface area (Å²) in [6.07, 6.45) is 0.569. The van der Waals surface area contributed by atoms with Gasteiger partial charge in [-0.25, -0.2) is 0 Å². The Balaban J connectivity index is 3.22. The predicted octanol–water partition coefficient (Wildman–Crippen LogP) is 3.57. The van der Waals surface area contributed by atoms with Crippen LogP contribution in [0.25, 0.3) is 0 Å². The highest BCUT2D eigenvalue weighted by Gasteiger charge is 2.25. The Bertz CT molecular complexity index is 431. The molecular weight excluding hydrogens is 212 g/mol. The topological polar surface area (TPSA) is 26.3 Å². The van der Waals surface area contributed by atoms with Gasteiger partial charge in [0.1, 0.15) is 11.5 Å². The van der Waals surface area contributed by atoms with Crippen molar-refractivity contribution in [1.82, 2.24) is 0 Å². The Labute approximate surface area is 104 Å². The number of ether oxygens (including phenoxy) is 1. The number of rotatable bonds is 4. The molecule has 0 radical (unpaired) electrons. The maximum absolute atomic E-state index is 11.3. The fourth-order valence-electron chi connectivity index (χ4n) is 2.46. The number of ketones is 1. The number of benzene rings is 1. The van der Waals surface area contributed by atoms with Gasteiger partial charge in [-0.05, 0) is 48.9 Å². The zero-order valence-electron chi connectivity index (χ0n) is 11.7. The highest BCUT2D eigenvalue weighted by Crippen LogP contribution is 2.33. The second-order valence-corrected chi connectivity index (χ2v) is 5.40. The van der Waals surface area contributed by atoms with E-state index in [1.165, 1.54) is 11.1 Å². The average Bonchev–Trinajstić information content (AvgIpc) is 2.18. The molecule has 0 spiro atoms. The average molecular weight is 234 g/mol. The normalized spacial score (nSPS) is 11.4. The van der Waals surface area contributed by atoms with E-state index in [4.69, 9.17) is 4.74 Å². The van der Waals surface area contributed by atoms with Crippen molar-refractivity contribution >= 4 is 5.78 Å². The van der Waals surface area contributed by atoms with Gasteiger partial charge in [-0.3, -0.25) is 4.79 Å². The molecule has 17 heavy (non-hydrogen) atoms. The lowest BCUT2D eigenvalue weighted by atomic mass is 9.77. The first-order valence-electron chi connectivity index (χ1n) is 5.93. The molecule has 0 N–H and O–H groups in total. The van der Waals surface area contributed by atoms with Gasteiger partial charge in [0.25, 0.3) is 0 Å². The van der Waals surface area contributed by atoms with Crippen molar-refractivity contribution in [2.24, 2.45) is 0 Å². The standard InChI is InChI=1S/C15H22O2/c1-10-8-14(17-6)11(2)7-13(10)15(4,5)9-12(3)16/h7-8H,9H2,1-6H3. The summed E-state index contributed by atoms with van der Waals surface area (Å²) in [6, 6.07) is 4.18. The number of hydrogen-bond acceptors (Lipinski definition) is 2. The number of carbonyl (C=O) groups excluding carboxylic acids is 1. The zero-order chi connectivity index (χ0) is 13.2. The van der Waals surface area contributed by atoms with Crippen molar-refractivity contribution in [3.63, 3.8) is 0 Å². The first-order valence-corrected chi connectivity index (χ1v) is 5.93. The first kappa shape index (κ1) is 13.8. The fraction of sp³-hybridized carbons (Fsp3) is 0.533. The van der Waals surface area contributed by atoms with Gasteiger partial charge < -0.3 is 4.74 Å². The number of hydrogen-bond donors (Lipinski definition) is 0. The van der Waals surface area contributed by atoms with Gasteiger partial charge in [0.15, 0.2) is 0 Å². The lowest BCUT2D eigenvalue weighted by Gasteiger charge is -2.27. The van der Waals surface area contributed by atoms with E-state index < -0.39 is 0 Å². The molecule has 0 saturated carbocycles. The van der Waals surface area contributed by atoms with Gasteiger partial charge in [-0.2, -0.15) is 0 Å². The zero-order valence-corrected chi connectivity index (χ0v) is 11.7. The SMILES string of the molecule is COc1cc(C)c(C(C)(C)CC(C)=O)cc1C. The summed E-state index contributed by atoms with van der Waals surface area (Å²) < 4.78 is 5.31. The molecule has 0 amide bonds. The summed E-state index contributed by atoms with van der Waals surface area (Å²) >= 11 is 0. The van der Waals surface area contributed by atoms with Crippen molar-refractivity contribution < 1.29 is 9.53 Å². The van der Waals surface area contributed by atoms with Gasteiger partial charge in [0.2, 0.25) is 0 Å². The van der Waals surface area contributed by atoms with E-state index in [2.05, 4.69) is 26.8 Å². The van der Waals surface area contributed by atoms with Crippen molar-refractivity contribution in [2.75, 3.05) is 7.11 Å². The van der Waals surface area contributed by atoms with Crippen LogP contribution in [-0.2, 0) is 10.2 Å². The smallest absolute Gasteiger partial charge is 0.130 e. The largest absolute Gasteiger partial charge is 0.496 e. The number of carbonyl (C=O) groups is 1. The van der Waals surface area contributed by atoms with E-state index in [-0.39, 0.29) is 11.2 Å². The van der Waals surface area contributed by atoms with E-state index in [0.717, 1.165) is 11.3 Å². The highest BCUT2D eigenvalue weighted by molar-refractivity contribution is 5.77. The van der Waals surface area contributed by atoms with Crippen LogP contribution in [0.3, 0.4) is 0 Å². The summed E-state index contributed by atoms with van der Waals surface area (Å²) in [5, 5.41) is 0. The number of methoxy groups -OCH3 is 1. The Hall–Kier alpha value is -1.31. The third-order valence-corrected chi connectivity index (χ3v) is 3.16. The molecule has 1 rings (SSSR count). The maximum atomic E-state index is 11.3. The minimum atomic E-state index is -0.118. The molecule has 0 saturated heterocycles. The van der Waals surface area contributed by atoms with Crippen LogP contribution in [0, 0.1) is 13.8 Å². The van der Waals surface area contributed by atoms with Crippen LogP contribution < -0.4 is 4.74 Å². The van der Waals surface area contributed by atoms with Crippen LogP contribution in [0.2, 0.25) is 0 Å². The van der Waals surface area contributed by atoms with Crippen molar-refractivity contribution in [1.29, 1.82) is 0 Å². The third kappa shape index (κ3) is 3.09. The number of aryl methyl sites for hydroxylation is 2. The molecule has 2 nitrogen and oxygen atoms in total. The molecular formula is C15H22O2. The summed E-state index contributed by atoms with van der Waals surface area (Å²) in [5.74, 6) is 1.13. The molecule has 0 fully saturated rings. The Morgan fingerprint density at radius 3 is 2.29 bits per heavy atom. The predicted molar refractivity (Wildman–Crippen MR) is 70.8 cm³/mol. The van der Waals surface area contributed by atoms with Gasteiger partial charge in [-0.1, -0.05) is 19.9 Å². The summed E-state index contributed by atoms with van der Waals surface area (Å²) in [5.41, 5.74) is 3.40. The highest BCUT2D eigenvalue weighted by atomic mass is 16.5. The minimum absolute atomic E-state index is 0.118. The van der Waals surface area contributed by atoms with Crippen LogP contribution in [0.4, 0.5) is 0 Å². The molecule has 0 heterocycles. The number of Topliss-reactive ketones (excluding diaryl/α,β-unsaturated/α-hetero) is 1. The van der Waals surface area contributed by atoms with E-state index in [1.807, 2.05) is 13.0 Å². The molecule has 1 aromatic carbocycles. The van der Waals surface area contributed by atoms with Crippen molar-refractivity contribution in [2.45, 2.75) is 46.5 Å².